The van der Waals surface area contributed by atoms with E-state index in [1.165, 1.54) is 57.8 Å². The van der Waals surface area contributed by atoms with Crippen LogP contribution in [0.2, 0.25) is 0 Å². The van der Waals surface area contributed by atoms with Crippen LogP contribution in [0.1, 0.15) is 71.1 Å². The molecule has 1 aromatic rings. The second-order valence-electron chi connectivity index (χ2n) is 5.71. The molecule has 0 saturated heterocycles. The number of methoxy groups -OCH3 is 1. The van der Waals surface area contributed by atoms with Crippen LogP contribution in [0.15, 0.2) is 24.3 Å². The average Bonchev–Trinajstić information content (AvgIpc) is 2.53. The number of unbranched alkanes of at least 4 members (excludes halogenated alkanes) is 9. The number of ether oxygens (including phenoxy) is 2. The predicted molar refractivity (Wildman–Crippen MR) is 90.3 cm³/mol. The van der Waals surface area contributed by atoms with Gasteiger partial charge in [-0.3, -0.25) is 0 Å². The Labute approximate surface area is 130 Å². The molecule has 0 aliphatic heterocycles. The Hall–Kier alpha value is -1.18. The zero-order valence-electron chi connectivity index (χ0n) is 13.9. The van der Waals surface area contributed by atoms with E-state index in [2.05, 4.69) is 6.92 Å². The SMILES string of the molecule is CCCCCCCCCCCCOc1ccc(OC)cc1. The normalized spacial score (nSPS) is 10.6. The molecule has 0 radical (unpaired) electrons. The van der Waals surface area contributed by atoms with Crippen molar-refractivity contribution in [3.05, 3.63) is 24.3 Å². The smallest absolute Gasteiger partial charge is 0.119 e. The van der Waals surface area contributed by atoms with Crippen molar-refractivity contribution in [3.63, 3.8) is 0 Å². The molecule has 0 aromatic heterocycles. The molecule has 21 heavy (non-hydrogen) atoms. The van der Waals surface area contributed by atoms with Crippen molar-refractivity contribution >= 4 is 0 Å². The lowest BCUT2D eigenvalue weighted by Gasteiger charge is -2.07. The fraction of sp³-hybridized carbons (Fsp3) is 0.684. The first-order valence-corrected chi connectivity index (χ1v) is 8.63. The van der Waals surface area contributed by atoms with Crippen LogP contribution in [-0.4, -0.2) is 13.7 Å². The van der Waals surface area contributed by atoms with Gasteiger partial charge >= 0.3 is 0 Å². The fourth-order valence-electron chi connectivity index (χ4n) is 2.45. The summed E-state index contributed by atoms with van der Waals surface area (Å²) in [7, 11) is 1.68. The zero-order chi connectivity index (χ0) is 15.2. The van der Waals surface area contributed by atoms with E-state index in [-0.39, 0.29) is 0 Å². The Balaban J connectivity index is 1.88. The van der Waals surface area contributed by atoms with Crippen LogP contribution < -0.4 is 9.47 Å². The number of rotatable bonds is 13. The first-order valence-electron chi connectivity index (χ1n) is 8.63. The van der Waals surface area contributed by atoms with Crippen LogP contribution >= 0.6 is 0 Å². The van der Waals surface area contributed by atoms with Crippen molar-refractivity contribution in [3.8, 4) is 11.5 Å². The summed E-state index contributed by atoms with van der Waals surface area (Å²) in [5, 5.41) is 0. The molecule has 0 amide bonds. The zero-order valence-corrected chi connectivity index (χ0v) is 13.9. The summed E-state index contributed by atoms with van der Waals surface area (Å²) in [5.74, 6) is 1.81. The van der Waals surface area contributed by atoms with E-state index < -0.39 is 0 Å². The van der Waals surface area contributed by atoms with E-state index in [0.717, 1.165) is 24.5 Å². The molecule has 0 heterocycles. The van der Waals surface area contributed by atoms with Crippen molar-refractivity contribution in [2.24, 2.45) is 0 Å². The molecule has 1 aromatic carbocycles. The maximum Gasteiger partial charge on any atom is 0.119 e. The molecule has 0 fully saturated rings. The highest BCUT2D eigenvalue weighted by Gasteiger charge is 1.96. The van der Waals surface area contributed by atoms with Gasteiger partial charge in [-0.2, -0.15) is 0 Å². The van der Waals surface area contributed by atoms with Gasteiger partial charge in [-0.05, 0) is 30.7 Å². The molecule has 0 aliphatic rings. The van der Waals surface area contributed by atoms with Crippen molar-refractivity contribution < 1.29 is 9.47 Å². The summed E-state index contributed by atoms with van der Waals surface area (Å²) in [6.45, 7) is 3.09. The van der Waals surface area contributed by atoms with Crippen LogP contribution in [0.5, 0.6) is 11.5 Å². The van der Waals surface area contributed by atoms with E-state index in [0.29, 0.717) is 0 Å². The molecule has 120 valence electrons. The van der Waals surface area contributed by atoms with Crippen molar-refractivity contribution in [2.45, 2.75) is 71.1 Å². The maximum absolute atomic E-state index is 5.72. The summed E-state index contributed by atoms with van der Waals surface area (Å²) in [6, 6.07) is 7.81. The number of benzene rings is 1. The Morgan fingerprint density at radius 2 is 1.14 bits per heavy atom. The number of hydrogen-bond donors (Lipinski definition) is 0. The van der Waals surface area contributed by atoms with E-state index in [1.807, 2.05) is 24.3 Å². The van der Waals surface area contributed by atoms with Gasteiger partial charge in [0.15, 0.2) is 0 Å². The van der Waals surface area contributed by atoms with Crippen molar-refractivity contribution in [2.75, 3.05) is 13.7 Å². The molecule has 0 saturated carbocycles. The van der Waals surface area contributed by atoms with E-state index >= 15 is 0 Å². The second kappa shape index (κ2) is 12.6. The third-order valence-electron chi connectivity index (χ3n) is 3.83. The van der Waals surface area contributed by atoms with Crippen LogP contribution in [-0.2, 0) is 0 Å². The van der Waals surface area contributed by atoms with Gasteiger partial charge in [0.05, 0.1) is 13.7 Å². The van der Waals surface area contributed by atoms with E-state index in [1.54, 1.807) is 7.11 Å². The average molecular weight is 292 g/mol. The maximum atomic E-state index is 5.72. The standard InChI is InChI=1S/C19H32O2/c1-3-4-5-6-7-8-9-10-11-12-17-21-19-15-13-18(20-2)14-16-19/h13-16H,3-12,17H2,1-2H3. The van der Waals surface area contributed by atoms with Gasteiger partial charge < -0.3 is 9.47 Å². The summed E-state index contributed by atoms with van der Waals surface area (Å²) >= 11 is 0. The molecule has 2 nitrogen and oxygen atoms in total. The topological polar surface area (TPSA) is 18.5 Å². The lowest BCUT2D eigenvalue weighted by molar-refractivity contribution is 0.303. The van der Waals surface area contributed by atoms with Gasteiger partial charge in [-0.1, -0.05) is 64.7 Å². The molecule has 2 heteroatoms. The fourth-order valence-corrected chi connectivity index (χ4v) is 2.45. The first kappa shape index (κ1) is 17.9. The highest BCUT2D eigenvalue weighted by atomic mass is 16.5. The van der Waals surface area contributed by atoms with Gasteiger partial charge in [0.1, 0.15) is 11.5 Å². The highest BCUT2D eigenvalue weighted by molar-refractivity contribution is 5.31. The molecule has 0 atom stereocenters. The Morgan fingerprint density at radius 1 is 0.667 bits per heavy atom. The monoisotopic (exact) mass is 292 g/mol. The molecular formula is C19H32O2. The summed E-state index contributed by atoms with van der Waals surface area (Å²) in [4.78, 5) is 0. The van der Waals surface area contributed by atoms with E-state index in [9.17, 15) is 0 Å². The molecule has 1 rings (SSSR count). The molecular weight excluding hydrogens is 260 g/mol. The van der Waals surface area contributed by atoms with Gasteiger partial charge in [0, 0.05) is 0 Å². The Bertz CT molecular complexity index is 332. The minimum Gasteiger partial charge on any atom is -0.497 e. The quantitative estimate of drug-likeness (QED) is 0.415. The van der Waals surface area contributed by atoms with Crippen LogP contribution in [0.4, 0.5) is 0 Å². The molecule has 0 aliphatic carbocycles. The largest absolute Gasteiger partial charge is 0.497 e. The number of hydrogen-bond acceptors (Lipinski definition) is 2. The minimum atomic E-state index is 0.822. The first-order chi connectivity index (χ1) is 10.4. The lowest BCUT2D eigenvalue weighted by atomic mass is 10.1. The van der Waals surface area contributed by atoms with Crippen molar-refractivity contribution in [1.29, 1.82) is 0 Å². The van der Waals surface area contributed by atoms with Crippen LogP contribution in [0.3, 0.4) is 0 Å². The van der Waals surface area contributed by atoms with Gasteiger partial charge in [0.2, 0.25) is 0 Å². The van der Waals surface area contributed by atoms with Crippen LogP contribution in [0.25, 0.3) is 0 Å². The predicted octanol–water partition coefficient (Wildman–Crippen LogP) is 5.99. The highest BCUT2D eigenvalue weighted by Crippen LogP contribution is 2.17. The Morgan fingerprint density at radius 3 is 1.67 bits per heavy atom. The third-order valence-corrected chi connectivity index (χ3v) is 3.83. The summed E-state index contributed by atoms with van der Waals surface area (Å²) < 4.78 is 10.8. The third kappa shape index (κ3) is 9.38. The molecule has 0 bridgehead atoms. The minimum absolute atomic E-state index is 0.822. The molecule has 0 unspecified atom stereocenters. The Kier molecular flexibility index (Phi) is 10.7. The van der Waals surface area contributed by atoms with Crippen molar-refractivity contribution in [1.82, 2.24) is 0 Å². The second-order valence-corrected chi connectivity index (χ2v) is 5.71. The van der Waals surface area contributed by atoms with Crippen LogP contribution in [0, 0.1) is 0 Å². The van der Waals surface area contributed by atoms with Gasteiger partial charge in [-0.25, -0.2) is 0 Å². The lowest BCUT2D eigenvalue weighted by Crippen LogP contribution is -1.97. The van der Waals surface area contributed by atoms with Gasteiger partial charge in [0.25, 0.3) is 0 Å². The summed E-state index contributed by atoms with van der Waals surface area (Å²) in [6.07, 6.45) is 13.6. The molecule has 0 spiro atoms. The summed E-state index contributed by atoms with van der Waals surface area (Å²) in [5.41, 5.74) is 0. The molecule has 0 N–H and O–H groups in total. The van der Waals surface area contributed by atoms with Gasteiger partial charge in [-0.15, -0.1) is 0 Å². The van der Waals surface area contributed by atoms with E-state index in [4.69, 9.17) is 9.47 Å².